The maximum absolute atomic E-state index is 10.1. The number of anilines is 3. The number of hydrogen-bond donors (Lipinski definition) is 2. The predicted molar refractivity (Wildman–Crippen MR) is 181 cm³/mol. The second-order valence-electron chi connectivity index (χ2n) is 12.7. The van der Waals surface area contributed by atoms with Crippen LogP contribution in [0, 0.1) is 0 Å². The van der Waals surface area contributed by atoms with Crippen LogP contribution < -0.4 is 24.4 Å². The number of rotatable bonds is 11. The van der Waals surface area contributed by atoms with E-state index in [0.717, 1.165) is 49.2 Å². The monoisotopic (exact) mass is 644 g/mol. The topological polar surface area (TPSA) is 124 Å². The van der Waals surface area contributed by atoms with Gasteiger partial charge in [-0.2, -0.15) is 4.98 Å². The summed E-state index contributed by atoms with van der Waals surface area (Å²) >= 11 is 0. The summed E-state index contributed by atoms with van der Waals surface area (Å²) in [7, 11) is 4.75. The lowest BCUT2D eigenvalue weighted by Crippen LogP contribution is -2.34. The van der Waals surface area contributed by atoms with E-state index < -0.39 is 0 Å². The van der Waals surface area contributed by atoms with E-state index in [-0.39, 0.29) is 18.2 Å². The summed E-state index contributed by atoms with van der Waals surface area (Å²) in [5, 5.41) is 18.6. The summed E-state index contributed by atoms with van der Waals surface area (Å²) in [5.74, 6) is 4.06. The lowest BCUT2D eigenvalue weighted by atomic mass is 10.1. The molecule has 13 heteroatoms. The average molecular weight is 645 g/mol. The standard InChI is InChI=1S/C34H44N8O5/c1-22(47-34(2,3)4)39-15-12-23(13-16-39)26-10-11-27-32(37-33(38-42(26)27)41-14-8-9-24(41)20-43)36-30-19-40(21-35-30)25-17-28(44-5)31(46-7)29(18-25)45-6/h10-12,17-19,21,24,43H,1,8-9,13-16,20H2,2-7H3,(H,36,37,38)/t24-/m0/s1. The molecular weight excluding hydrogens is 600 g/mol. The lowest BCUT2D eigenvalue weighted by molar-refractivity contribution is 0.00560. The summed E-state index contributed by atoms with van der Waals surface area (Å²) < 4.78 is 26.4. The fraction of sp³-hybridized carbons (Fsp3) is 0.441. The molecular formula is C34H44N8O5. The van der Waals surface area contributed by atoms with Gasteiger partial charge in [-0.25, -0.2) is 9.50 Å². The number of benzene rings is 1. The zero-order chi connectivity index (χ0) is 33.3. The summed E-state index contributed by atoms with van der Waals surface area (Å²) in [4.78, 5) is 13.8. The minimum absolute atomic E-state index is 0.0326. The van der Waals surface area contributed by atoms with E-state index in [1.54, 1.807) is 27.7 Å². The molecule has 4 aromatic rings. The van der Waals surface area contributed by atoms with Crippen molar-refractivity contribution in [2.45, 2.75) is 51.7 Å². The molecule has 5 heterocycles. The zero-order valence-corrected chi connectivity index (χ0v) is 28.0. The fourth-order valence-corrected chi connectivity index (χ4v) is 6.14. The zero-order valence-electron chi connectivity index (χ0n) is 28.0. The molecule has 3 aromatic heterocycles. The number of nitrogens with zero attached hydrogens (tertiary/aromatic N) is 7. The SMILES string of the molecule is C=C(OC(C)(C)C)N1CC=C(c2ccc3c(Nc4cn(-c5cc(OC)c(OC)c(OC)c5)cn4)nc(N4CCC[C@H]4CO)nn23)CC1. The van der Waals surface area contributed by atoms with Crippen LogP contribution in [0.5, 0.6) is 17.2 Å². The van der Waals surface area contributed by atoms with Crippen LogP contribution in [0.15, 0.2) is 55.3 Å². The van der Waals surface area contributed by atoms with Gasteiger partial charge in [0.25, 0.3) is 0 Å². The van der Waals surface area contributed by atoms with Crippen LogP contribution in [0.3, 0.4) is 0 Å². The first-order chi connectivity index (χ1) is 22.6. The maximum Gasteiger partial charge on any atom is 0.245 e. The van der Waals surface area contributed by atoms with Gasteiger partial charge in [-0.3, -0.25) is 0 Å². The van der Waals surface area contributed by atoms with Crippen LogP contribution >= 0.6 is 0 Å². The highest BCUT2D eigenvalue weighted by atomic mass is 16.5. The van der Waals surface area contributed by atoms with Gasteiger partial charge in [0.1, 0.15) is 23.3 Å². The average Bonchev–Trinajstić information content (AvgIpc) is 3.83. The van der Waals surface area contributed by atoms with Crippen molar-refractivity contribution in [2.24, 2.45) is 0 Å². The van der Waals surface area contributed by atoms with Crippen LogP contribution in [0.25, 0.3) is 16.8 Å². The van der Waals surface area contributed by atoms with Crippen molar-refractivity contribution in [3.63, 3.8) is 0 Å². The molecule has 0 aliphatic carbocycles. The fourth-order valence-electron chi connectivity index (χ4n) is 6.14. The number of imidazole rings is 1. The molecule has 0 unspecified atom stereocenters. The van der Waals surface area contributed by atoms with E-state index in [0.29, 0.717) is 47.3 Å². The number of fused-ring (bicyclic) bond motifs is 1. The Kier molecular flexibility index (Phi) is 8.91. The molecule has 0 radical (unpaired) electrons. The number of aliphatic hydroxyl groups is 1. The van der Waals surface area contributed by atoms with Gasteiger partial charge in [0.2, 0.25) is 11.7 Å². The highest BCUT2D eigenvalue weighted by Crippen LogP contribution is 2.39. The molecule has 1 aromatic carbocycles. The van der Waals surface area contributed by atoms with Gasteiger partial charge in [-0.15, -0.1) is 5.10 Å². The van der Waals surface area contributed by atoms with E-state index in [4.69, 9.17) is 29.0 Å². The Morgan fingerprint density at radius 1 is 1.09 bits per heavy atom. The Morgan fingerprint density at radius 3 is 2.49 bits per heavy atom. The van der Waals surface area contributed by atoms with Crippen molar-refractivity contribution >= 4 is 28.7 Å². The second kappa shape index (κ2) is 13.1. The van der Waals surface area contributed by atoms with E-state index in [9.17, 15) is 5.11 Å². The first kappa shape index (κ1) is 32.0. The van der Waals surface area contributed by atoms with Crippen molar-refractivity contribution in [3.05, 3.63) is 61.0 Å². The van der Waals surface area contributed by atoms with Crippen molar-refractivity contribution in [3.8, 4) is 22.9 Å². The molecule has 250 valence electrons. The summed E-state index contributed by atoms with van der Waals surface area (Å²) in [6, 6.07) is 7.80. The predicted octanol–water partition coefficient (Wildman–Crippen LogP) is 5.02. The van der Waals surface area contributed by atoms with Crippen LogP contribution in [-0.4, -0.2) is 93.4 Å². The Labute approximate surface area is 275 Å². The van der Waals surface area contributed by atoms with Crippen LogP contribution in [0.2, 0.25) is 0 Å². The summed E-state index contributed by atoms with van der Waals surface area (Å²) in [5.41, 5.74) is 3.48. The Hall–Kier alpha value is -4.91. The van der Waals surface area contributed by atoms with Crippen molar-refractivity contribution in [1.29, 1.82) is 0 Å². The Bertz CT molecular complexity index is 1760. The van der Waals surface area contributed by atoms with E-state index in [1.807, 2.05) is 54.2 Å². The maximum atomic E-state index is 10.1. The first-order valence-electron chi connectivity index (χ1n) is 15.8. The number of methoxy groups -OCH3 is 3. The molecule has 1 saturated heterocycles. The smallest absolute Gasteiger partial charge is 0.245 e. The molecule has 0 amide bonds. The number of ether oxygens (including phenoxy) is 4. The molecule has 0 bridgehead atoms. The van der Waals surface area contributed by atoms with Gasteiger partial charge in [0.15, 0.2) is 23.2 Å². The molecule has 2 aliphatic heterocycles. The van der Waals surface area contributed by atoms with Gasteiger partial charge in [-0.05, 0) is 64.3 Å². The molecule has 0 spiro atoms. The number of aliphatic hydroxyl groups excluding tert-OH is 1. The third-order valence-corrected chi connectivity index (χ3v) is 8.44. The van der Waals surface area contributed by atoms with Crippen LogP contribution in [0.1, 0.15) is 45.7 Å². The summed E-state index contributed by atoms with van der Waals surface area (Å²) in [6.07, 6.45) is 8.46. The normalized spacial score (nSPS) is 16.7. The van der Waals surface area contributed by atoms with Gasteiger partial charge in [0, 0.05) is 31.8 Å². The van der Waals surface area contributed by atoms with Gasteiger partial charge in [0.05, 0.1) is 51.6 Å². The third-order valence-electron chi connectivity index (χ3n) is 8.44. The quantitative estimate of drug-likeness (QED) is 0.214. The highest BCUT2D eigenvalue weighted by Gasteiger charge is 2.28. The van der Waals surface area contributed by atoms with Crippen LogP contribution in [0.4, 0.5) is 17.6 Å². The van der Waals surface area contributed by atoms with Crippen molar-refractivity contribution in [2.75, 3.05) is 57.8 Å². The van der Waals surface area contributed by atoms with Crippen LogP contribution in [-0.2, 0) is 4.74 Å². The minimum atomic E-state index is -0.304. The lowest BCUT2D eigenvalue weighted by Gasteiger charge is -2.33. The minimum Gasteiger partial charge on any atom is -0.493 e. The molecule has 47 heavy (non-hydrogen) atoms. The molecule has 2 N–H and O–H groups in total. The summed E-state index contributed by atoms with van der Waals surface area (Å²) in [6.45, 7) is 12.5. The van der Waals surface area contributed by atoms with E-state index in [1.165, 1.54) is 5.57 Å². The van der Waals surface area contributed by atoms with E-state index >= 15 is 0 Å². The molecule has 1 atom stereocenters. The van der Waals surface area contributed by atoms with Gasteiger partial charge >= 0.3 is 0 Å². The van der Waals surface area contributed by atoms with Crippen molar-refractivity contribution in [1.82, 2.24) is 29.0 Å². The Morgan fingerprint density at radius 2 is 1.85 bits per heavy atom. The molecule has 6 rings (SSSR count). The largest absolute Gasteiger partial charge is 0.493 e. The highest BCUT2D eigenvalue weighted by molar-refractivity contribution is 5.78. The third kappa shape index (κ3) is 6.53. The second-order valence-corrected chi connectivity index (χ2v) is 12.7. The number of aromatic nitrogens is 5. The molecule has 1 fully saturated rings. The van der Waals surface area contributed by atoms with E-state index in [2.05, 4.69) is 38.8 Å². The number of nitrogens with one attached hydrogen (secondary N) is 1. The van der Waals surface area contributed by atoms with Gasteiger partial charge < -0.3 is 43.7 Å². The Balaban J connectivity index is 1.34. The number of hydrogen-bond acceptors (Lipinski definition) is 11. The first-order valence-corrected chi connectivity index (χ1v) is 15.8. The molecule has 2 aliphatic rings. The molecule has 0 saturated carbocycles. The van der Waals surface area contributed by atoms with Gasteiger partial charge in [-0.1, -0.05) is 6.08 Å². The molecule has 13 nitrogen and oxygen atoms in total. The van der Waals surface area contributed by atoms with Crippen molar-refractivity contribution < 1.29 is 24.1 Å².